The van der Waals surface area contributed by atoms with Gasteiger partial charge in [0.25, 0.3) is 6.43 Å². The van der Waals surface area contributed by atoms with Crippen LogP contribution in [0.3, 0.4) is 0 Å². The normalized spacial score (nSPS) is 22.8. The van der Waals surface area contributed by atoms with Crippen LogP contribution in [-0.4, -0.2) is 36.8 Å². The van der Waals surface area contributed by atoms with Crippen molar-refractivity contribution in [2.24, 2.45) is 0 Å². The van der Waals surface area contributed by atoms with E-state index in [1.54, 1.807) is 7.05 Å². The zero-order valence-electron chi connectivity index (χ0n) is 9.94. The number of hydrogen-bond acceptors (Lipinski definition) is 4. The fourth-order valence-electron chi connectivity index (χ4n) is 2.23. The molecule has 0 bridgehead atoms. The lowest BCUT2D eigenvalue weighted by Crippen LogP contribution is -2.17. The van der Waals surface area contributed by atoms with Gasteiger partial charge < -0.3 is 5.32 Å². The van der Waals surface area contributed by atoms with Crippen LogP contribution in [0.4, 0.5) is 8.78 Å². The second kappa shape index (κ2) is 4.93. The van der Waals surface area contributed by atoms with E-state index in [4.69, 9.17) is 0 Å². The Kier molecular flexibility index (Phi) is 3.67. The number of aromatic nitrogens is 2. The number of nitrogens with one attached hydrogen (secondary N) is 1. The van der Waals surface area contributed by atoms with Gasteiger partial charge in [0.1, 0.15) is 5.69 Å². The minimum atomic E-state index is -3.11. The predicted molar refractivity (Wildman–Crippen MR) is 62.3 cm³/mol. The number of alkyl halides is 2. The quantitative estimate of drug-likeness (QED) is 0.889. The van der Waals surface area contributed by atoms with Crippen LogP contribution in [0, 0.1) is 0 Å². The van der Waals surface area contributed by atoms with Crippen LogP contribution in [0.15, 0.2) is 6.20 Å². The summed E-state index contributed by atoms with van der Waals surface area (Å²) in [5.74, 6) is -0.0606. The molecule has 0 aliphatic carbocycles. The van der Waals surface area contributed by atoms with Gasteiger partial charge >= 0.3 is 0 Å². The summed E-state index contributed by atoms with van der Waals surface area (Å²) in [6, 6.07) is -0.468. The third-order valence-corrected chi connectivity index (χ3v) is 4.79. The largest absolute Gasteiger partial charge is 0.316 e. The fraction of sp³-hybridized carbons (Fsp3) is 0.700. The lowest BCUT2D eigenvalue weighted by Gasteiger charge is -2.13. The molecule has 1 saturated heterocycles. The minimum Gasteiger partial charge on any atom is -0.316 e. The molecule has 2 heterocycles. The van der Waals surface area contributed by atoms with E-state index in [1.165, 1.54) is 10.9 Å². The number of hydrogen-bond donors (Lipinski definition) is 1. The van der Waals surface area contributed by atoms with E-state index in [1.807, 2.05) is 0 Å². The average molecular weight is 279 g/mol. The topological polar surface area (TPSA) is 64.0 Å². The van der Waals surface area contributed by atoms with Gasteiger partial charge in [-0.2, -0.15) is 5.10 Å². The number of sulfone groups is 1. The summed E-state index contributed by atoms with van der Waals surface area (Å²) in [5.41, 5.74) is 0.239. The van der Waals surface area contributed by atoms with Gasteiger partial charge in [0, 0.05) is 12.1 Å². The Labute approximate surface area is 104 Å². The van der Waals surface area contributed by atoms with Gasteiger partial charge in [-0.25, -0.2) is 17.2 Å². The van der Waals surface area contributed by atoms with E-state index >= 15 is 0 Å². The molecule has 1 aliphatic heterocycles. The lowest BCUT2D eigenvalue weighted by molar-refractivity contribution is 0.135. The Bertz CT molecular complexity index is 527. The molecule has 8 heteroatoms. The highest BCUT2D eigenvalue weighted by Gasteiger charge is 2.33. The second-order valence-corrected chi connectivity index (χ2v) is 6.62. The van der Waals surface area contributed by atoms with E-state index in [-0.39, 0.29) is 17.2 Å². The van der Waals surface area contributed by atoms with Crippen molar-refractivity contribution in [2.75, 3.05) is 18.6 Å². The zero-order chi connectivity index (χ0) is 13.3. The van der Waals surface area contributed by atoms with Gasteiger partial charge in [0.2, 0.25) is 0 Å². The molecule has 1 N–H and O–H groups in total. The van der Waals surface area contributed by atoms with Gasteiger partial charge in [-0.1, -0.05) is 0 Å². The predicted octanol–water partition coefficient (Wildman–Crippen LogP) is 0.900. The van der Waals surface area contributed by atoms with Gasteiger partial charge in [-0.15, -0.1) is 0 Å². The van der Waals surface area contributed by atoms with Crippen molar-refractivity contribution in [3.8, 4) is 0 Å². The van der Waals surface area contributed by atoms with Crippen molar-refractivity contribution >= 4 is 9.84 Å². The molecule has 18 heavy (non-hydrogen) atoms. The summed E-state index contributed by atoms with van der Waals surface area (Å²) in [6.45, 7) is 0.291. The van der Waals surface area contributed by atoms with Crippen molar-refractivity contribution in [3.63, 3.8) is 0 Å². The Balaban J connectivity index is 2.33. The van der Waals surface area contributed by atoms with Crippen LogP contribution in [0.5, 0.6) is 0 Å². The van der Waals surface area contributed by atoms with Crippen molar-refractivity contribution in [1.82, 2.24) is 15.1 Å². The Morgan fingerprint density at radius 1 is 1.61 bits per heavy atom. The highest BCUT2D eigenvalue weighted by Crippen LogP contribution is 2.30. The van der Waals surface area contributed by atoms with Gasteiger partial charge in [-0.3, -0.25) is 4.68 Å². The molecule has 1 unspecified atom stereocenters. The van der Waals surface area contributed by atoms with Crippen molar-refractivity contribution in [2.45, 2.75) is 25.4 Å². The molecule has 1 aromatic rings. The maximum atomic E-state index is 13.1. The first-order valence-electron chi connectivity index (χ1n) is 5.64. The highest BCUT2D eigenvalue weighted by atomic mass is 32.2. The van der Waals surface area contributed by atoms with Crippen molar-refractivity contribution in [3.05, 3.63) is 17.5 Å². The molecular formula is C10H15F2N3O2S. The number of halogens is 2. The summed E-state index contributed by atoms with van der Waals surface area (Å²) in [5, 5.41) is 6.73. The Morgan fingerprint density at radius 3 is 2.83 bits per heavy atom. The van der Waals surface area contributed by atoms with Gasteiger partial charge in [0.05, 0.1) is 23.7 Å². The molecule has 1 fully saturated rings. The van der Waals surface area contributed by atoms with E-state index in [0.29, 0.717) is 18.5 Å². The van der Waals surface area contributed by atoms with E-state index < -0.39 is 22.3 Å². The summed E-state index contributed by atoms with van der Waals surface area (Å²) in [4.78, 5) is 0. The van der Waals surface area contributed by atoms with Crippen LogP contribution in [0.25, 0.3) is 0 Å². The summed E-state index contributed by atoms with van der Waals surface area (Å²) >= 11 is 0. The first-order chi connectivity index (χ1) is 8.44. The van der Waals surface area contributed by atoms with Gasteiger partial charge in [-0.05, 0) is 13.5 Å². The molecule has 0 amide bonds. The average Bonchev–Trinajstić information content (AvgIpc) is 2.82. The lowest BCUT2D eigenvalue weighted by atomic mass is 10.2. The third kappa shape index (κ3) is 2.54. The first-order valence-corrected chi connectivity index (χ1v) is 7.46. The van der Waals surface area contributed by atoms with Crippen LogP contribution < -0.4 is 5.32 Å². The van der Waals surface area contributed by atoms with Crippen LogP contribution in [-0.2, 0) is 16.4 Å². The minimum absolute atomic E-state index is 0.0432. The molecule has 1 aromatic heterocycles. The zero-order valence-corrected chi connectivity index (χ0v) is 10.8. The smallest absolute Gasteiger partial charge is 0.280 e. The molecule has 0 radical (unpaired) electrons. The molecular weight excluding hydrogens is 264 g/mol. The molecule has 0 aromatic carbocycles. The van der Waals surface area contributed by atoms with Crippen LogP contribution in [0.2, 0.25) is 0 Å². The van der Waals surface area contributed by atoms with Crippen molar-refractivity contribution < 1.29 is 17.2 Å². The molecule has 5 nitrogen and oxygen atoms in total. The van der Waals surface area contributed by atoms with Gasteiger partial charge in [0.15, 0.2) is 9.84 Å². The number of nitrogens with zero attached hydrogens (tertiary/aromatic N) is 2. The first kappa shape index (κ1) is 13.4. The maximum absolute atomic E-state index is 13.1. The molecule has 1 atom stereocenters. The fourth-order valence-corrected chi connectivity index (χ4v) is 3.93. The molecule has 1 aliphatic rings. The van der Waals surface area contributed by atoms with Crippen LogP contribution in [0.1, 0.15) is 30.1 Å². The molecule has 102 valence electrons. The Hall–Kier alpha value is -1.02. The summed E-state index contributed by atoms with van der Waals surface area (Å²) < 4.78 is 50.1. The van der Waals surface area contributed by atoms with E-state index in [0.717, 1.165) is 0 Å². The van der Waals surface area contributed by atoms with E-state index in [9.17, 15) is 17.2 Å². The number of rotatable bonds is 4. The van der Waals surface area contributed by atoms with E-state index in [2.05, 4.69) is 10.4 Å². The standard InChI is InChI=1S/C10H15F2N3O2S/c1-13-4-7-5-14-15(9(7)10(11)12)8-2-3-18(16,17)6-8/h5,8,10,13H,2-4,6H2,1H3. The Morgan fingerprint density at radius 2 is 2.33 bits per heavy atom. The highest BCUT2D eigenvalue weighted by molar-refractivity contribution is 7.91. The monoisotopic (exact) mass is 279 g/mol. The SMILES string of the molecule is CNCc1cnn(C2CCS(=O)(=O)C2)c1C(F)F. The summed E-state index contributed by atoms with van der Waals surface area (Å²) in [6.07, 6.45) is -0.926. The summed E-state index contributed by atoms with van der Waals surface area (Å²) in [7, 11) is -1.45. The molecule has 2 rings (SSSR count). The van der Waals surface area contributed by atoms with Crippen molar-refractivity contribution in [1.29, 1.82) is 0 Å². The van der Waals surface area contributed by atoms with Crippen LogP contribution >= 0.6 is 0 Å². The third-order valence-electron chi connectivity index (χ3n) is 3.04. The molecule has 0 saturated carbocycles. The molecule has 0 spiro atoms. The maximum Gasteiger partial charge on any atom is 0.280 e. The second-order valence-electron chi connectivity index (χ2n) is 4.39.